The minimum Gasteiger partial charge on any atom is -0.476 e. The molecule has 31 heavy (non-hydrogen) atoms. The van der Waals surface area contributed by atoms with Gasteiger partial charge in [0.15, 0.2) is 5.60 Å². The molecule has 2 rings (SSSR count). The Balaban J connectivity index is 2.04. The standard InChI is InChI=1S/C24H38N2O5/c1-22(2,3)30-20(27)24(7,8)29-19-13-9-12-18(15-19)26-14-10-11-17(16-26)25-21(28)31-23(4,5)6/h9,12-13,15,17H,10-11,14,16H2,1-8H3,(H,25,28)/t17-/m0/s1. The Morgan fingerprint density at radius 1 is 1.00 bits per heavy atom. The predicted molar refractivity (Wildman–Crippen MR) is 122 cm³/mol. The number of ether oxygens (including phenoxy) is 3. The number of nitrogens with one attached hydrogen (secondary N) is 1. The number of esters is 1. The summed E-state index contributed by atoms with van der Waals surface area (Å²) in [5.41, 5.74) is -1.24. The van der Waals surface area contributed by atoms with Gasteiger partial charge in [-0.2, -0.15) is 0 Å². The number of nitrogens with zero attached hydrogens (tertiary/aromatic N) is 1. The predicted octanol–water partition coefficient (Wildman–Crippen LogP) is 4.68. The van der Waals surface area contributed by atoms with Crippen LogP contribution in [0.5, 0.6) is 5.75 Å². The van der Waals surface area contributed by atoms with E-state index in [1.54, 1.807) is 13.8 Å². The van der Waals surface area contributed by atoms with Crippen molar-refractivity contribution in [1.29, 1.82) is 0 Å². The van der Waals surface area contributed by atoms with Gasteiger partial charge in [-0.3, -0.25) is 0 Å². The highest BCUT2D eigenvalue weighted by atomic mass is 16.6. The molecule has 1 aliphatic rings. The molecule has 174 valence electrons. The van der Waals surface area contributed by atoms with Gasteiger partial charge in [-0.15, -0.1) is 0 Å². The molecule has 1 atom stereocenters. The minimum atomic E-state index is -1.12. The zero-order valence-corrected chi connectivity index (χ0v) is 20.2. The summed E-state index contributed by atoms with van der Waals surface area (Å²) in [7, 11) is 0. The Morgan fingerprint density at radius 3 is 2.26 bits per heavy atom. The molecule has 1 heterocycles. The average Bonchev–Trinajstić information content (AvgIpc) is 2.58. The van der Waals surface area contributed by atoms with E-state index in [0.29, 0.717) is 12.3 Å². The van der Waals surface area contributed by atoms with Crippen molar-refractivity contribution in [3.8, 4) is 5.75 Å². The second-order valence-corrected chi connectivity index (χ2v) is 10.5. The quantitative estimate of drug-likeness (QED) is 0.678. The molecule has 7 nitrogen and oxygen atoms in total. The average molecular weight is 435 g/mol. The summed E-state index contributed by atoms with van der Waals surface area (Å²) in [6, 6.07) is 7.66. The van der Waals surface area contributed by atoms with E-state index in [-0.39, 0.29) is 6.04 Å². The van der Waals surface area contributed by atoms with E-state index in [1.165, 1.54) is 0 Å². The molecule has 1 saturated heterocycles. The highest BCUT2D eigenvalue weighted by Crippen LogP contribution is 2.28. The molecule has 0 aromatic heterocycles. The molecule has 0 bridgehead atoms. The van der Waals surface area contributed by atoms with Gasteiger partial charge < -0.3 is 24.4 Å². The Hall–Kier alpha value is -2.44. The summed E-state index contributed by atoms with van der Waals surface area (Å²) in [5.74, 6) is 0.181. The molecule has 1 amide bonds. The highest BCUT2D eigenvalue weighted by molar-refractivity contribution is 5.79. The van der Waals surface area contributed by atoms with E-state index < -0.39 is 28.9 Å². The van der Waals surface area contributed by atoms with Gasteiger partial charge in [0.2, 0.25) is 0 Å². The molecule has 0 aliphatic carbocycles. The van der Waals surface area contributed by atoms with E-state index in [0.717, 1.165) is 25.1 Å². The number of rotatable bonds is 5. The lowest BCUT2D eigenvalue weighted by molar-refractivity contribution is -0.170. The summed E-state index contributed by atoms with van der Waals surface area (Å²) in [6.45, 7) is 16.0. The van der Waals surface area contributed by atoms with Crippen LogP contribution < -0.4 is 15.0 Å². The first-order valence-electron chi connectivity index (χ1n) is 10.9. The Labute approximate surface area is 186 Å². The van der Waals surface area contributed by atoms with Crippen LogP contribution in [-0.4, -0.2) is 48.0 Å². The number of piperidine rings is 1. The van der Waals surface area contributed by atoms with Gasteiger partial charge >= 0.3 is 12.1 Å². The van der Waals surface area contributed by atoms with Gasteiger partial charge in [0.25, 0.3) is 0 Å². The lowest BCUT2D eigenvalue weighted by Crippen LogP contribution is -2.49. The maximum Gasteiger partial charge on any atom is 0.407 e. The van der Waals surface area contributed by atoms with Crippen LogP contribution in [0.2, 0.25) is 0 Å². The molecule has 7 heteroatoms. The van der Waals surface area contributed by atoms with E-state index in [9.17, 15) is 9.59 Å². The van der Waals surface area contributed by atoms with Crippen LogP contribution in [0.3, 0.4) is 0 Å². The fourth-order valence-electron chi connectivity index (χ4n) is 3.28. The van der Waals surface area contributed by atoms with Crippen molar-refractivity contribution in [3.05, 3.63) is 24.3 Å². The number of carbonyl (C=O) groups excluding carboxylic acids is 2. The van der Waals surface area contributed by atoms with Crippen molar-refractivity contribution < 1.29 is 23.8 Å². The summed E-state index contributed by atoms with van der Waals surface area (Å²) in [5, 5.41) is 2.97. The van der Waals surface area contributed by atoms with Gasteiger partial charge in [-0.05, 0) is 80.4 Å². The zero-order chi connectivity index (χ0) is 23.4. The SMILES string of the molecule is CC(C)(C)OC(=O)N[C@H]1CCCN(c2cccc(OC(C)(C)C(=O)OC(C)(C)C)c2)C1. The molecule has 0 spiro atoms. The van der Waals surface area contributed by atoms with Crippen molar-refractivity contribution in [2.75, 3.05) is 18.0 Å². The smallest absolute Gasteiger partial charge is 0.407 e. The molecule has 1 aliphatic heterocycles. The lowest BCUT2D eigenvalue weighted by Gasteiger charge is -2.35. The van der Waals surface area contributed by atoms with Crippen LogP contribution in [0.25, 0.3) is 0 Å². The third-order valence-electron chi connectivity index (χ3n) is 4.59. The number of hydrogen-bond acceptors (Lipinski definition) is 6. The maximum absolute atomic E-state index is 12.5. The van der Waals surface area contributed by atoms with E-state index >= 15 is 0 Å². The van der Waals surface area contributed by atoms with Crippen LogP contribution >= 0.6 is 0 Å². The first kappa shape index (κ1) is 24.8. The van der Waals surface area contributed by atoms with Gasteiger partial charge in [-0.1, -0.05) is 6.07 Å². The van der Waals surface area contributed by atoms with Crippen molar-refractivity contribution in [2.24, 2.45) is 0 Å². The Kier molecular flexibility index (Phi) is 7.50. The number of benzene rings is 1. The Morgan fingerprint density at radius 2 is 1.65 bits per heavy atom. The van der Waals surface area contributed by atoms with Crippen LogP contribution in [-0.2, 0) is 14.3 Å². The van der Waals surface area contributed by atoms with E-state index in [1.807, 2.05) is 65.8 Å². The third-order valence-corrected chi connectivity index (χ3v) is 4.59. The van der Waals surface area contributed by atoms with Crippen molar-refractivity contribution in [2.45, 2.75) is 91.1 Å². The molecular formula is C24H38N2O5. The number of carbonyl (C=O) groups is 2. The van der Waals surface area contributed by atoms with Gasteiger partial charge in [-0.25, -0.2) is 9.59 Å². The second kappa shape index (κ2) is 9.37. The minimum absolute atomic E-state index is 0.00591. The van der Waals surface area contributed by atoms with Crippen LogP contribution in [0.4, 0.5) is 10.5 Å². The zero-order valence-electron chi connectivity index (χ0n) is 20.2. The van der Waals surface area contributed by atoms with Crippen LogP contribution in [0, 0.1) is 0 Å². The molecular weight excluding hydrogens is 396 g/mol. The van der Waals surface area contributed by atoms with Crippen molar-refractivity contribution in [3.63, 3.8) is 0 Å². The maximum atomic E-state index is 12.5. The fraction of sp³-hybridized carbons (Fsp3) is 0.667. The van der Waals surface area contributed by atoms with Crippen LogP contribution in [0.15, 0.2) is 24.3 Å². The fourth-order valence-corrected chi connectivity index (χ4v) is 3.28. The normalized spacial score (nSPS) is 17.7. The number of hydrogen-bond donors (Lipinski definition) is 1. The van der Waals surface area contributed by atoms with Gasteiger partial charge in [0.1, 0.15) is 17.0 Å². The molecule has 1 fully saturated rings. The molecule has 1 aromatic rings. The topological polar surface area (TPSA) is 77.1 Å². The second-order valence-electron chi connectivity index (χ2n) is 10.5. The highest BCUT2D eigenvalue weighted by Gasteiger charge is 2.35. The van der Waals surface area contributed by atoms with E-state index in [4.69, 9.17) is 14.2 Å². The summed E-state index contributed by atoms with van der Waals surface area (Å²) >= 11 is 0. The molecule has 1 N–H and O–H groups in total. The van der Waals surface area contributed by atoms with Crippen LogP contribution in [0.1, 0.15) is 68.2 Å². The lowest BCUT2D eigenvalue weighted by atomic mass is 10.0. The molecule has 0 radical (unpaired) electrons. The number of alkyl carbamates (subject to hydrolysis) is 1. The number of amides is 1. The van der Waals surface area contributed by atoms with E-state index in [2.05, 4.69) is 10.2 Å². The van der Waals surface area contributed by atoms with Crippen molar-refractivity contribution in [1.82, 2.24) is 5.32 Å². The summed E-state index contributed by atoms with van der Waals surface area (Å²) < 4.78 is 16.9. The summed E-state index contributed by atoms with van der Waals surface area (Å²) in [6.07, 6.45) is 1.46. The molecule has 1 aromatic carbocycles. The first-order chi connectivity index (χ1) is 14.1. The Bertz CT molecular complexity index is 777. The largest absolute Gasteiger partial charge is 0.476 e. The van der Waals surface area contributed by atoms with Gasteiger partial charge in [0.05, 0.1) is 0 Å². The number of anilines is 1. The third kappa shape index (κ3) is 8.31. The van der Waals surface area contributed by atoms with Crippen molar-refractivity contribution >= 4 is 17.7 Å². The first-order valence-corrected chi connectivity index (χ1v) is 10.9. The van der Waals surface area contributed by atoms with Gasteiger partial charge in [0, 0.05) is 30.9 Å². The molecule has 0 saturated carbocycles. The monoisotopic (exact) mass is 434 g/mol. The summed E-state index contributed by atoms with van der Waals surface area (Å²) in [4.78, 5) is 26.8. The molecule has 0 unspecified atom stereocenters.